The average molecular weight is 375 g/mol. The van der Waals surface area contributed by atoms with E-state index in [9.17, 15) is 4.79 Å². The maximum absolute atomic E-state index is 11.8. The topological polar surface area (TPSA) is 44.8 Å². The first-order valence-corrected chi connectivity index (χ1v) is 9.63. The Balaban J connectivity index is 0.00000158. The van der Waals surface area contributed by atoms with Crippen LogP contribution in [-0.2, 0) is 22.6 Å². The van der Waals surface area contributed by atoms with Gasteiger partial charge in [-0.1, -0.05) is 52.0 Å². The van der Waals surface area contributed by atoms with Gasteiger partial charge in [0.2, 0.25) is 0 Å². The standard InChI is InChI=1S/C19H22O4.2C2H6/c1-21-17-10-6-15(7-11-17)4-3-5-19(20)23-14-16-8-12-18(22-2)13-9-16;2*1-2/h6-13H,3-5,14H2,1-2H3;2*1-2H3. The van der Waals surface area contributed by atoms with Crippen molar-refractivity contribution in [1.82, 2.24) is 0 Å². The molecule has 27 heavy (non-hydrogen) atoms. The fraction of sp³-hybridized carbons (Fsp3) is 0.435. The van der Waals surface area contributed by atoms with Crippen molar-refractivity contribution in [3.8, 4) is 11.5 Å². The molecule has 4 nitrogen and oxygen atoms in total. The third kappa shape index (κ3) is 10.3. The first-order chi connectivity index (χ1) is 13.2. The van der Waals surface area contributed by atoms with Gasteiger partial charge in [0.15, 0.2) is 0 Å². The molecule has 0 saturated heterocycles. The zero-order chi connectivity index (χ0) is 20.5. The number of esters is 1. The molecule has 150 valence electrons. The number of aryl methyl sites for hydroxylation is 1. The Hall–Kier alpha value is -2.49. The number of hydrogen-bond acceptors (Lipinski definition) is 4. The Bertz CT molecular complexity index is 603. The fourth-order valence-electron chi connectivity index (χ4n) is 2.19. The zero-order valence-electron chi connectivity index (χ0n) is 17.6. The van der Waals surface area contributed by atoms with Gasteiger partial charge in [-0.05, 0) is 48.2 Å². The van der Waals surface area contributed by atoms with Crippen molar-refractivity contribution in [2.45, 2.75) is 53.6 Å². The number of methoxy groups -OCH3 is 2. The molecule has 0 radical (unpaired) electrons. The normalized spacial score (nSPS) is 9.11. The van der Waals surface area contributed by atoms with E-state index < -0.39 is 0 Å². The number of ether oxygens (including phenoxy) is 3. The molecule has 0 heterocycles. The van der Waals surface area contributed by atoms with Crippen molar-refractivity contribution < 1.29 is 19.0 Å². The quantitative estimate of drug-likeness (QED) is 0.546. The molecule has 0 N–H and O–H groups in total. The molecular formula is C23H34O4. The molecule has 0 saturated carbocycles. The fourth-order valence-corrected chi connectivity index (χ4v) is 2.19. The molecule has 0 fully saturated rings. The first kappa shape index (κ1) is 24.5. The molecule has 0 atom stereocenters. The summed E-state index contributed by atoms with van der Waals surface area (Å²) in [5.74, 6) is 1.46. The van der Waals surface area contributed by atoms with Gasteiger partial charge in [0.05, 0.1) is 14.2 Å². The van der Waals surface area contributed by atoms with Gasteiger partial charge < -0.3 is 14.2 Å². The van der Waals surface area contributed by atoms with Crippen LogP contribution in [0.2, 0.25) is 0 Å². The highest BCUT2D eigenvalue weighted by Crippen LogP contribution is 2.14. The lowest BCUT2D eigenvalue weighted by Crippen LogP contribution is -2.05. The predicted octanol–water partition coefficient (Wildman–Crippen LogP) is 5.82. The maximum atomic E-state index is 11.8. The Morgan fingerprint density at radius 3 is 1.63 bits per heavy atom. The summed E-state index contributed by atoms with van der Waals surface area (Å²) < 4.78 is 15.5. The van der Waals surface area contributed by atoms with Crippen LogP contribution >= 0.6 is 0 Å². The van der Waals surface area contributed by atoms with E-state index in [0.29, 0.717) is 13.0 Å². The van der Waals surface area contributed by atoms with Crippen molar-refractivity contribution in [3.05, 3.63) is 59.7 Å². The van der Waals surface area contributed by atoms with E-state index in [1.807, 2.05) is 76.2 Å². The van der Waals surface area contributed by atoms with Gasteiger partial charge in [-0.3, -0.25) is 4.79 Å². The summed E-state index contributed by atoms with van der Waals surface area (Å²) in [5.41, 5.74) is 2.14. The lowest BCUT2D eigenvalue weighted by Gasteiger charge is -2.06. The second-order valence-electron chi connectivity index (χ2n) is 5.21. The average Bonchev–Trinajstić information content (AvgIpc) is 2.76. The van der Waals surface area contributed by atoms with Crippen LogP contribution in [0.4, 0.5) is 0 Å². The summed E-state index contributed by atoms with van der Waals surface area (Å²) in [6.45, 7) is 8.30. The van der Waals surface area contributed by atoms with E-state index >= 15 is 0 Å². The van der Waals surface area contributed by atoms with Gasteiger partial charge >= 0.3 is 5.97 Å². The van der Waals surface area contributed by atoms with Crippen LogP contribution in [0.25, 0.3) is 0 Å². The van der Waals surface area contributed by atoms with E-state index in [4.69, 9.17) is 14.2 Å². The lowest BCUT2D eigenvalue weighted by molar-refractivity contribution is -0.145. The van der Waals surface area contributed by atoms with Crippen LogP contribution in [-0.4, -0.2) is 20.2 Å². The number of carbonyl (C=O) groups is 1. The highest BCUT2D eigenvalue weighted by atomic mass is 16.5. The van der Waals surface area contributed by atoms with E-state index in [-0.39, 0.29) is 5.97 Å². The van der Waals surface area contributed by atoms with Crippen LogP contribution in [0.5, 0.6) is 11.5 Å². The van der Waals surface area contributed by atoms with E-state index in [0.717, 1.165) is 29.9 Å². The highest BCUT2D eigenvalue weighted by molar-refractivity contribution is 5.69. The second-order valence-corrected chi connectivity index (χ2v) is 5.21. The van der Waals surface area contributed by atoms with E-state index in [1.165, 1.54) is 5.56 Å². The maximum Gasteiger partial charge on any atom is 0.306 e. The number of hydrogen-bond donors (Lipinski definition) is 0. The molecule has 0 amide bonds. The summed E-state index contributed by atoms with van der Waals surface area (Å²) in [6, 6.07) is 15.4. The number of rotatable bonds is 8. The van der Waals surface area contributed by atoms with Crippen LogP contribution in [0, 0.1) is 0 Å². The van der Waals surface area contributed by atoms with Crippen molar-refractivity contribution in [1.29, 1.82) is 0 Å². The SMILES string of the molecule is CC.CC.COc1ccc(CCCC(=O)OCc2ccc(OC)cc2)cc1. The third-order valence-electron chi connectivity index (χ3n) is 3.56. The van der Waals surface area contributed by atoms with Gasteiger partial charge in [0.25, 0.3) is 0 Å². The minimum Gasteiger partial charge on any atom is -0.497 e. The second kappa shape index (κ2) is 15.7. The highest BCUT2D eigenvalue weighted by Gasteiger charge is 2.04. The molecule has 4 heteroatoms. The van der Waals surface area contributed by atoms with Gasteiger partial charge in [-0.2, -0.15) is 0 Å². The molecule has 0 unspecified atom stereocenters. The van der Waals surface area contributed by atoms with Gasteiger partial charge in [-0.15, -0.1) is 0 Å². The van der Waals surface area contributed by atoms with Crippen molar-refractivity contribution >= 4 is 5.97 Å². The van der Waals surface area contributed by atoms with Crippen molar-refractivity contribution in [2.75, 3.05) is 14.2 Å². The number of carbonyl (C=O) groups excluding carboxylic acids is 1. The zero-order valence-corrected chi connectivity index (χ0v) is 17.6. The molecule has 0 aliphatic rings. The van der Waals surface area contributed by atoms with E-state index in [2.05, 4.69) is 0 Å². The molecular weight excluding hydrogens is 340 g/mol. The summed E-state index contributed by atoms with van der Waals surface area (Å²) in [5, 5.41) is 0. The lowest BCUT2D eigenvalue weighted by atomic mass is 10.1. The Kier molecular flexibility index (Phi) is 14.3. The third-order valence-corrected chi connectivity index (χ3v) is 3.56. The monoisotopic (exact) mass is 374 g/mol. The molecule has 0 bridgehead atoms. The predicted molar refractivity (Wildman–Crippen MR) is 111 cm³/mol. The van der Waals surface area contributed by atoms with Crippen molar-refractivity contribution in [2.24, 2.45) is 0 Å². The largest absolute Gasteiger partial charge is 0.497 e. The molecule has 0 spiro atoms. The smallest absolute Gasteiger partial charge is 0.306 e. The summed E-state index contributed by atoms with van der Waals surface area (Å²) in [6.07, 6.45) is 2.04. The van der Waals surface area contributed by atoms with Crippen LogP contribution < -0.4 is 9.47 Å². The van der Waals surface area contributed by atoms with Crippen LogP contribution in [0.1, 0.15) is 51.7 Å². The summed E-state index contributed by atoms with van der Waals surface area (Å²) in [7, 11) is 3.27. The van der Waals surface area contributed by atoms with Gasteiger partial charge in [0.1, 0.15) is 18.1 Å². The minimum absolute atomic E-state index is 0.172. The molecule has 0 aliphatic heterocycles. The first-order valence-electron chi connectivity index (χ1n) is 9.63. The van der Waals surface area contributed by atoms with Gasteiger partial charge in [-0.25, -0.2) is 0 Å². The Morgan fingerprint density at radius 2 is 1.19 bits per heavy atom. The summed E-state index contributed by atoms with van der Waals surface area (Å²) in [4.78, 5) is 11.8. The molecule has 2 rings (SSSR count). The Morgan fingerprint density at radius 1 is 0.741 bits per heavy atom. The molecule has 2 aromatic rings. The molecule has 2 aromatic carbocycles. The molecule has 0 aromatic heterocycles. The van der Waals surface area contributed by atoms with Gasteiger partial charge in [0, 0.05) is 6.42 Å². The van der Waals surface area contributed by atoms with Crippen molar-refractivity contribution in [3.63, 3.8) is 0 Å². The minimum atomic E-state index is -0.172. The van der Waals surface area contributed by atoms with E-state index in [1.54, 1.807) is 14.2 Å². The summed E-state index contributed by atoms with van der Waals surface area (Å²) >= 11 is 0. The molecule has 0 aliphatic carbocycles. The van der Waals surface area contributed by atoms with Crippen LogP contribution in [0.15, 0.2) is 48.5 Å². The Labute approximate surface area is 164 Å². The van der Waals surface area contributed by atoms with Crippen LogP contribution in [0.3, 0.4) is 0 Å². The number of benzene rings is 2.